The van der Waals surface area contributed by atoms with E-state index in [-0.39, 0.29) is 31.1 Å². The second-order valence-electron chi connectivity index (χ2n) is 6.68. The Morgan fingerprint density at radius 1 is 1.38 bits per heavy atom. The average Bonchev–Trinajstić information content (AvgIpc) is 2.91. The zero-order valence-electron chi connectivity index (χ0n) is 14.3. The van der Waals surface area contributed by atoms with Crippen molar-refractivity contribution in [2.75, 3.05) is 39.5 Å². The van der Waals surface area contributed by atoms with Gasteiger partial charge in [0, 0.05) is 12.6 Å². The molecule has 0 saturated carbocycles. The fourth-order valence-electron chi connectivity index (χ4n) is 3.19. The van der Waals surface area contributed by atoms with E-state index in [1.54, 1.807) is 16.7 Å². The normalized spacial score (nSPS) is 25.4. The molecule has 2 saturated heterocycles. The lowest BCUT2D eigenvalue weighted by Crippen LogP contribution is -2.60. The monoisotopic (exact) mass is 337 g/mol. The van der Waals surface area contributed by atoms with Crippen LogP contribution in [0.25, 0.3) is 0 Å². The van der Waals surface area contributed by atoms with Gasteiger partial charge in [-0.3, -0.25) is 9.59 Å². The van der Waals surface area contributed by atoms with E-state index in [9.17, 15) is 9.59 Å². The predicted molar refractivity (Wildman–Crippen MR) is 83.5 cm³/mol. The number of carbonyl (C=O) groups excluding carboxylic acids is 2. The summed E-state index contributed by atoms with van der Waals surface area (Å²) in [7, 11) is 0. The molecule has 1 unspecified atom stereocenters. The number of nitrogens with zero attached hydrogens (tertiary/aromatic N) is 3. The molecule has 0 aliphatic carbocycles. The third kappa shape index (κ3) is 3.16. The van der Waals surface area contributed by atoms with E-state index in [0.717, 1.165) is 0 Å². The highest BCUT2D eigenvalue weighted by atomic mass is 16.5. The fraction of sp³-hybridized carbons (Fsp3) is 0.688. The summed E-state index contributed by atoms with van der Waals surface area (Å²) in [5.41, 5.74) is 0.324. The quantitative estimate of drug-likeness (QED) is 0.779. The molecular weight excluding hydrogens is 314 g/mol. The Labute approximate surface area is 140 Å². The van der Waals surface area contributed by atoms with Crippen LogP contribution in [-0.4, -0.2) is 77.9 Å². The van der Waals surface area contributed by atoms with Crippen LogP contribution in [0.15, 0.2) is 10.8 Å². The summed E-state index contributed by atoms with van der Waals surface area (Å²) in [6.45, 7) is 7.66. The van der Waals surface area contributed by atoms with E-state index >= 15 is 0 Å². The van der Waals surface area contributed by atoms with Crippen LogP contribution in [0.1, 0.15) is 29.9 Å². The van der Waals surface area contributed by atoms with Crippen molar-refractivity contribution in [3.63, 3.8) is 0 Å². The number of morpholine rings is 1. The number of amides is 2. The van der Waals surface area contributed by atoms with Crippen molar-refractivity contribution in [1.29, 1.82) is 0 Å². The number of aryl methyl sites for hydroxylation is 1. The lowest BCUT2D eigenvalue weighted by Gasteiger charge is -2.43. The first-order chi connectivity index (χ1) is 11.4. The fourth-order valence-corrected chi connectivity index (χ4v) is 3.19. The van der Waals surface area contributed by atoms with Crippen molar-refractivity contribution in [2.24, 2.45) is 0 Å². The number of hydrogen-bond donors (Lipinski definition) is 0. The zero-order valence-corrected chi connectivity index (χ0v) is 14.3. The molecule has 0 radical (unpaired) electrons. The average molecular weight is 337 g/mol. The summed E-state index contributed by atoms with van der Waals surface area (Å²) in [5, 5.41) is 3.77. The van der Waals surface area contributed by atoms with Crippen LogP contribution >= 0.6 is 0 Å². The van der Waals surface area contributed by atoms with E-state index in [0.29, 0.717) is 37.5 Å². The molecule has 132 valence electrons. The molecule has 0 N–H and O–H groups in total. The summed E-state index contributed by atoms with van der Waals surface area (Å²) in [6.07, 6.45) is 1.37. The van der Waals surface area contributed by atoms with Crippen LogP contribution in [0, 0.1) is 6.92 Å². The summed E-state index contributed by atoms with van der Waals surface area (Å²) >= 11 is 0. The molecule has 8 heteroatoms. The molecule has 3 rings (SSSR count). The second kappa shape index (κ2) is 6.52. The minimum atomic E-state index is -0.699. The molecule has 0 bridgehead atoms. The standard InChI is InChI=1S/C16H23N3O5/c1-11(2)19-9-16(10-22-7-14(19)20)8-18(4-5-23-16)15(21)13-6-24-17-12(13)3/h6,11H,4-5,7-10H2,1-3H3. The highest BCUT2D eigenvalue weighted by Gasteiger charge is 2.44. The van der Waals surface area contributed by atoms with E-state index in [2.05, 4.69) is 5.16 Å². The molecular formula is C16H23N3O5. The van der Waals surface area contributed by atoms with Crippen molar-refractivity contribution in [1.82, 2.24) is 15.0 Å². The summed E-state index contributed by atoms with van der Waals surface area (Å²) in [5.74, 6) is -0.188. The van der Waals surface area contributed by atoms with Gasteiger partial charge in [-0.2, -0.15) is 0 Å². The van der Waals surface area contributed by atoms with Crippen LogP contribution in [0.4, 0.5) is 0 Å². The minimum Gasteiger partial charge on any atom is -0.368 e. The van der Waals surface area contributed by atoms with Gasteiger partial charge in [-0.15, -0.1) is 0 Å². The SMILES string of the molecule is Cc1nocc1C(=O)N1CCOC2(COCC(=O)N(C(C)C)C2)C1. The molecule has 2 fully saturated rings. The van der Waals surface area contributed by atoms with Gasteiger partial charge in [0.1, 0.15) is 24.0 Å². The van der Waals surface area contributed by atoms with Gasteiger partial charge >= 0.3 is 0 Å². The summed E-state index contributed by atoms with van der Waals surface area (Å²) in [6, 6.07) is 0.0473. The smallest absolute Gasteiger partial charge is 0.259 e. The number of rotatable bonds is 2. The molecule has 0 aromatic carbocycles. The first kappa shape index (κ1) is 16.9. The Bertz CT molecular complexity index is 629. The predicted octanol–water partition coefficient (Wildman–Crippen LogP) is 0.461. The number of aromatic nitrogens is 1. The summed E-state index contributed by atoms with van der Waals surface area (Å²) < 4.78 is 16.4. The molecule has 2 aliphatic rings. The molecule has 2 amide bonds. The molecule has 24 heavy (non-hydrogen) atoms. The van der Waals surface area contributed by atoms with Gasteiger partial charge in [0.05, 0.1) is 32.0 Å². The van der Waals surface area contributed by atoms with Crippen molar-refractivity contribution in [2.45, 2.75) is 32.4 Å². The summed E-state index contributed by atoms with van der Waals surface area (Å²) in [4.78, 5) is 28.4. The van der Waals surface area contributed by atoms with Crippen LogP contribution in [0.3, 0.4) is 0 Å². The maximum atomic E-state index is 12.7. The van der Waals surface area contributed by atoms with Crippen LogP contribution < -0.4 is 0 Å². The van der Waals surface area contributed by atoms with Crippen LogP contribution in [-0.2, 0) is 14.3 Å². The van der Waals surface area contributed by atoms with E-state index in [1.165, 1.54) is 6.26 Å². The van der Waals surface area contributed by atoms with Gasteiger partial charge < -0.3 is 23.8 Å². The Morgan fingerprint density at radius 2 is 2.17 bits per heavy atom. The Balaban J connectivity index is 1.80. The number of ether oxygens (including phenoxy) is 2. The van der Waals surface area contributed by atoms with Crippen molar-refractivity contribution < 1.29 is 23.6 Å². The molecule has 1 aromatic heterocycles. The molecule has 1 spiro atoms. The molecule has 2 aliphatic heterocycles. The first-order valence-corrected chi connectivity index (χ1v) is 8.13. The first-order valence-electron chi connectivity index (χ1n) is 8.13. The highest BCUT2D eigenvalue weighted by Crippen LogP contribution is 2.25. The number of carbonyl (C=O) groups is 2. The van der Waals surface area contributed by atoms with Crippen LogP contribution in [0.2, 0.25) is 0 Å². The van der Waals surface area contributed by atoms with Gasteiger partial charge in [-0.25, -0.2) is 0 Å². The van der Waals surface area contributed by atoms with Gasteiger partial charge in [-0.05, 0) is 20.8 Å². The Kier molecular flexibility index (Phi) is 4.60. The third-order valence-corrected chi connectivity index (χ3v) is 4.51. The van der Waals surface area contributed by atoms with Crippen molar-refractivity contribution >= 4 is 11.8 Å². The minimum absolute atomic E-state index is 0.0436. The van der Waals surface area contributed by atoms with Crippen molar-refractivity contribution in [3.8, 4) is 0 Å². The Morgan fingerprint density at radius 3 is 2.83 bits per heavy atom. The highest BCUT2D eigenvalue weighted by molar-refractivity contribution is 5.95. The van der Waals surface area contributed by atoms with Crippen molar-refractivity contribution in [3.05, 3.63) is 17.5 Å². The zero-order chi connectivity index (χ0) is 17.3. The van der Waals surface area contributed by atoms with Crippen LogP contribution in [0.5, 0.6) is 0 Å². The Hall–Kier alpha value is -1.93. The van der Waals surface area contributed by atoms with Gasteiger partial charge in [0.15, 0.2) is 0 Å². The number of hydrogen-bond acceptors (Lipinski definition) is 6. The van der Waals surface area contributed by atoms with E-state index < -0.39 is 5.60 Å². The lowest BCUT2D eigenvalue weighted by atomic mass is 10.0. The van der Waals surface area contributed by atoms with Gasteiger partial charge in [0.2, 0.25) is 5.91 Å². The topological polar surface area (TPSA) is 85.1 Å². The molecule has 3 heterocycles. The lowest BCUT2D eigenvalue weighted by molar-refractivity contribution is -0.140. The van der Waals surface area contributed by atoms with Gasteiger partial charge in [-0.1, -0.05) is 5.16 Å². The van der Waals surface area contributed by atoms with E-state index in [1.807, 2.05) is 13.8 Å². The largest absolute Gasteiger partial charge is 0.368 e. The molecule has 1 aromatic rings. The van der Waals surface area contributed by atoms with Gasteiger partial charge in [0.25, 0.3) is 5.91 Å². The van der Waals surface area contributed by atoms with E-state index in [4.69, 9.17) is 14.0 Å². The maximum Gasteiger partial charge on any atom is 0.259 e. The molecule has 1 atom stereocenters. The third-order valence-electron chi connectivity index (χ3n) is 4.51. The second-order valence-corrected chi connectivity index (χ2v) is 6.68. The molecule has 8 nitrogen and oxygen atoms in total. The maximum absolute atomic E-state index is 12.7.